The van der Waals surface area contributed by atoms with E-state index in [1.165, 1.54) is 64.2 Å². The summed E-state index contributed by atoms with van der Waals surface area (Å²) in [6.45, 7) is 4.60. The van der Waals surface area contributed by atoms with Crippen molar-refractivity contribution in [1.29, 1.82) is 0 Å². The van der Waals surface area contributed by atoms with E-state index in [0.29, 0.717) is 0 Å². The van der Waals surface area contributed by atoms with Gasteiger partial charge in [0, 0.05) is 23.1 Å². The molecule has 2 aliphatic rings. The maximum Gasteiger partial charge on any atom is 0 e. The molecule has 0 aromatic carbocycles. The second-order valence-electron chi connectivity index (χ2n) is 5.12. The first-order valence-electron chi connectivity index (χ1n) is 6.86. The van der Waals surface area contributed by atoms with E-state index in [2.05, 4.69) is 13.8 Å². The Kier molecular flexibility index (Phi) is 10.5. The van der Waals surface area contributed by atoms with E-state index < -0.39 is 0 Å². The maximum absolute atomic E-state index is 2.30. The van der Waals surface area contributed by atoms with E-state index in [0.717, 1.165) is 11.8 Å². The molecule has 15 heavy (non-hydrogen) atoms. The smallest absolute Gasteiger partial charge is 0 e. The van der Waals surface area contributed by atoms with Crippen molar-refractivity contribution in [2.75, 3.05) is 0 Å². The van der Waals surface area contributed by atoms with Crippen LogP contribution in [0.25, 0.3) is 0 Å². The van der Waals surface area contributed by atoms with Gasteiger partial charge in [0.05, 0.1) is 0 Å². The molecular weight excluding hydrogens is 192 g/mol. The van der Waals surface area contributed by atoms with Crippen molar-refractivity contribution >= 4 is 23.1 Å². The average Bonchev–Trinajstić information content (AvgIpc) is 2.92. The van der Waals surface area contributed by atoms with Crippen LogP contribution in [0, 0.1) is 11.8 Å². The van der Waals surface area contributed by atoms with Gasteiger partial charge < -0.3 is 0 Å². The Labute approximate surface area is 113 Å². The van der Waals surface area contributed by atoms with Gasteiger partial charge in [-0.2, -0.15) is 0 Å². The molecule has 0 saturated heterocycles. The van der Waals surface area contributed by atoms with Crippen LogP contribution in [-0.2, 0) is 0 Å². The van der Waals surface area contributed by atoms with Gasteiger partial charge in [0.2, 0.25) is 0 Å². The topological polar surface area (TPSA) is 0 Å². The summed E-state index contributed by atoms with van der Waals surface area (Å²) in [7, 11) is 0. The fourth-order valence-electron chi connectivity index (χ4n) is 2.84. The van der Waals surface area contributed by atoms with Crippen molar-refractivity contribution in [3.63, 3.8) is 0 Å². The molecule has 0 aromatic rings. The Hall–Kier alpha value is 0.766. The summed E-state index contributed by atoms with van der Waals surface area (Å²) in [5.41, 5.74) is 0. The Bertz CT molecular complexity index is 105. The van der Waals surface area contributed by atoms with Gasteiger partial charge in [0.1, 0.15) is 0 Å². The van der Waals surface area contributed by atoms with Gasteiger partial charge in [-0.15, -0.1) is 0 Å². The van der Waals surface area contributed by atoms with Crippen LogP contribution in [0.5, 0.6) is 0 Å². The second kappa shape index (κ2) is 9.95. The van der Waals surface area contributed by atoms with Crippen LogP contribution < -0.4 is 0 Å². The summed E-state index contributed by atoms with van der Waals surface area (Å²) in [5, 5.41) is 0. The van der Waals surface area contributed by atoms with Gasteiger partial charge in [-0.3, -0.25) is 0 Å². The monoisotopic (exact) mass is 220 g/mol. The van der Waals surface area contributed by atoms with Crippen LogP contribution in [0.2, 0.25) is 0 Å². The van der Waals surface area contributed by atoms with E-state index in [4.69, 9.17) is 0 Å². The number of rotatable bonds is 2. The van der Waals surface area contributed by atoms with E-state index >= 15 is 0 Å². The predicted octanol–water partition coefficient (Wildman–Crippen LogP) is 4.79. The number of hydrogen-bond donors (Lipinski definition) is 0. The molecule has 86 valence electrons. The SMILES string of the molecule is CCC1CCCC1.CCC1CCCC1.[Mg]. The zero-order valence-corrected chi connectivity index (χ0v) is 12.3. The molecule has 0 atom stereocenters. The molecule has 0 amide bonds. The largest absolute Gasteiger partial charge is 0.0651 e. The highest BCUT2D eigenvalue weighted by molar-refractivity contribution is 5.75. The van der Waals surface area contributed by atoms with Crippen LogP contribution in [-0.4, -0.2) is 23.1 Å². The van der Waals surface area contributed by atoms with Gasteiger partial charge in [0.25, 0.3) is 0 Å². The van der Waals surface area contributed by atoms with E-state index in [1.54, 1.807) is 0 Å². The first kappa shape index (κ1) is 15.8. The second-order valence-corrected chi connectivity index (χ2v) is 5.12. The van der Waals surface area contributed by atoms with E-state index in [1.807, 2.05) is 0 Å². The molecule has 2 rings (SSSR count). The van der Waals surface area contributed by atoms with Crippen LogP contribution in [0.3, 0.4) is 0 Å². The zero-order chi connectivity index (χ0) is 10.2. The Morgan fingerprint density at radius 3 is 1.07 bits per heavy atom. The van der Waals surface area contributed by atoms with Crippen molar-refractivity contribution in [1.82, 2.24) is 0 Å². The lowest BCUT2D eigenvalue weighted by atomic mass is 10.1. The fourth-order valence-corrected chi connectivity index (χ4v) is 2.84. The molecule has 0 N–H and O–H groups in total. The Balaban J connectivity index is 0.000000245. The lowest BCUT2D eigenvalue weighted by Gasteiger charge is -1.99. The molecule has 0 unspecified atom stereocenters. The third-order valence-electron chi connectivity index (χ3n) is 4.10. The standard InChI is InChI=1S/2C7H14.Mg/c2*1-2-7-5-3-4-6-7;/h2*7H,2-6H2,1H3;. The minimum Gasteiger partial charge on any atom is -0.0651 e. The summed E-state index contributed by atoms with van der Waals surface area (Å²) < 4.78 is 0. The summed E-state index contributed by atoms with van der Waals surface area (Å²) in [6, 6.07) is 0. The Morgan fingerprint density at radius 2 is 0.933 bits per heavy atom. The third-order valence-corrected chi connectivity index (χ3v) is 4.10. The fraction of sp³-hybridized carbons (Fsp3) is 1.00. The molecule has 2 aliphatic carbocycles. The minimum atomic E-state index is 0. The van der Waals surface area contributed by atoms with Crippen LogP contribution in [0.4, 0.5) is 0 Å². The normalized spacial score (nSPS) is 22.0. The predicted molar refractivity (Wildman–Crippen MR) is 70.3 cm³/mol. The van der Waals surface area contributed by atoms with Gasteiger partial charge in [0.15, 0.2) is 0 Å². The summed E-state index contributed by atoms with van der Waals surface area (Å²) in [4.78, 5) is 0. The summed E-state index contributed by atoms with van der Waals surface area (Å²) in [6.07, 6.45) is 14.9. The molecule has 0 bridgehead atoms. The van der Waals surface area contributed by atoms with Gasteiger partial charge in [-0.05, 0) is 11.8 Å². The molecule has 2 fully saturated rings. The third kappa shape index (κ3) is 6.83. The van der Waals surface area contributed by atoms with Crippen molar-refractivity contribution in [2.45, 2.75) is 78.1 Å². The van der Waals surface area contributed by atoms with Crippen LogP contribution >= 0.6 is 0 Å². The van der Waals surface area contributed by atoms with Crippen molar-refractivity contribution in [2.24, 2.45) is 11.8 Å². The van der Waals surface area contributed by atoms with Gasteiger partial charge >= 0.3 is 0 Å². The maximum atomic E-state index is 2.30. The van der Waals surface area contributed by atoms with Gasteiger partial charge in [-0.1, -0.05) is 78.1 Å². The zero-order valence-electron chi connectivity index (χ0n) is 10.9. The first-order valence-corrected chi connectivity index (χ1v) is 6.86. The van der Waals surface area contributed by atoms with Crippen molar-refractivity contribution < 1.29 is 0 Å². The van der Waals surface area contributed by atoms with Crippen LogP contribution in [0.1, 0.15) is 78.1 Å². The van der Waals surface area contributed by atoms with Crippen LogP contribution in [0.15, 0.2) is 0 Å². The molecule has 1 heteroatoms. The molecule has 0 spiro atoms. The quantitative estimate of drug-likeness (QED) is 0.587. The van der Waals surface area contributed by atoms with Crippen molar-refractivity contribution in [3.8, 4) is 0 Å². The number of hydrogen-bond acceptors (Lipinski definition) is 0. The van der Waals surface area contributed by atoms with E-state index in [9.17, 15) is 0 Å². The summed E-state index contributed by atoms with van der Waals surface area (Å²) >= 11 is 0. The first-order chi connectivity index (χ1) is 6.86. The average molecular weight is 221 g/mol. The lowest BCUT2D eigenvalue weighted by molar-refractivity contribution is 0.531. The summed E-state index contributed by atoms with van der Waals surface area (Å²) in [5.74, 6) is 2.19. The van der Waals surface area contributed by atoms with E-state index in [-0.39, 0.29) is 23.1 Å². The molecule has 0 heterocycles. The minimum absolute atomic E-state index is 0. The lowest BCUT2D eigenvalue weighted by Crippen LogP contribution is -1.86. The highest BCUT2D eigenvalue weighted by Gasteiger charge is 2.11. The van der Waals surface area contributed by atoms with Gasteiger partial charge in [-0.25, -0.2) is 0 Å². The molecular formula is C14H28Mg. The highest BCUT2D eigenvalue weighted by Crippen LogP contribution is 2.27. The highest BCUT2D eigenvalue weighted by atomic mass is 24.3. The van der Waals surface area contributed by atoms with Crippen molar-refractivity contribution in [3.05, 3.63) is 0 Å². The Morgan fingerprint density at radius 1 is 0.667 bits per heavy atom. The molecule has 0 nitrogen and oxygen atoms in total. The molecule has 2 saturated carbocycles. The molecule has 0 aromatic heterocycles. The molecule has 2 radical (unpaired) electrons. The molecule has 0 aliphatic heterocycles.